The standard InChI is InChI=1S/C22H25N3O3/c1-2-23-21(27)17-10-6-11-18(15-17)24-22(28)19-12-7-13-25(19)20(26)14-16-8-4-3-5-9-16/h3-6,8-11,15,19H,2,7,12-14H2,1H3,(H,23,27)(H,24,28)/t19-/m0/s1. The summed E-state index contributed by atoms with van der Waals surface area (Å²) in [6.07, 6.45) is 1.73. The van der Waals surface area contributed by atoms with Gasteiger partial charge in [-0.3, -0.25) is 14.4 Å². The Balaban J connectivity index is 1.65. The summed E-state index contributed by atoms with van der Waals surface area (Å²) in [7, 11) is 0. The van der Waals surface area contributed by atoms with Crippen LogP contribution in [0.4, 0.5) is 5.69 Å². The van der Waals surface area contributed by atoms with Gasteiger partial charge in [0.2, 0.25) is 11.8 Å². The Kier molecular flexibility index (Phi) is 6.42. The molecule has 3 rings (SSSR count). The van der Waals surface area contributed by atoms with E-state index in [0.29, 0.717) is 30.8 Å². The van der Waals surface area contributed by atoms with E-state index >= 15 is 0 Å². The van der Waals surface area contributed by atoms with Crippen molar-refractivity contribution in [1.82, 2.24) is 10.2 Å². The lowest BCUT2D eigenvalue weighted by Crippen LogP contribution is -2.43. The second kappa shape index (κ2) is 9.17. The lowest BCUT2D eigenvalue weighted by atomic mass is 10.1. The van der Waals surface area contributed by atoms with E-state index in [4.69, 9.17) is 0 Å². The molecule has 0 aromatic heterocycles. The molecule has 0 unspecified atom stereocenters. The average Bonchev–Trinajstić information content (AvgIpc) is 3.19. The molecule has 146 valence electrons. The van der Waals surface area contributed by atoms with E-state index in [1.54, 1.807) is 29.2 Å². The van der Waals surface area contributed by atoms with Crippen LogP contribution in [-0.4, -0.2) is 41.8 Å². The van der Waals surface area contributed by atoms with Crippen LogP contribution >= 0.6 is 0 Å². The Morgan fingerprint density at radius 3 is 2.61 bits per heavy atom. The van der Waals surface area contributed by atoms with Crippen LogP contribution in [0.5, 0.6) is 0 Å². The minimum Gasteiger partial charge on any atom is -0.352 e. The Morgan fingerprint density at radius 1 is 1.07 bits per heavy atom. The van der Waals surface area contributed by atoms with Gasteiger partial charge in [-0.1, -0.05) is 36.4 Å². The molecule has 0 aliphatic carbocycles. The van der Waals surface area contributed by atoms with Gasteiger partial charge < -0.3 is 15.5 Å². The maximum Gasteiger partial charge on any atom is 0.251 e. The van der Waals surface area contributed by atoms with Gasteiger partial charge in [-0.05, 0) is 43.5 Å². The first kappa shape index (κ1) is 19.6. The highest BCUT2D eigenvalue weighted by Crippen LogP contribution is 2.21. The molecular formula is C22H25N3O3. The van der Waals surface area contributed by atoms with E-state index in [9.17, 15) is 14.4 Å². The monoisotopic (exact) mass is 379 g/mol. The number of hydrogen-bond acceptors (Lipinski definition) is 3. The molecule has 2 N–H and O–H groups in total. The Bertz CT molecular complexity index is 851. The number of anilines is 1. The maximum absolute atomic E-state index is 12.8. The first-order valence-corrected chi connectivity index (χ1v) is 9.61. The highest BCUT2D eigenvalue weighted by atomic mass is 16.2. The lowest BCUT2D eigenvalue weighted by molar-refractivity contribution is -0.136. The summed E-state index contributed by atoms with van der Waals surface area (Å²) in [5, 5.41) is 5.60. The molecule has 1 saturated heterocycles. The number of hydrogen-bond donors (Lipinski definition) is 2. The van der Waals surface area contributed by atoms with Crippen LogP contribution in [0.25, 0.3) is 0 Å². The summed E-state index contributed by atoms with van der Waals surface area (Å²) in [5.41, 5.74) is 1.98. The molecule has 28 heavy (non-hydrogen) atoms. The minimum atomic E-state index is -0.482. The van der Waals surface area contributed by atoms with Crippen molar-refractivity contribution in [3.8, 4) is 0 Å². The van der Waals surface area contributed by atoms with Gasteiger partial charge in [-0.25, -0.2) is 0 Å². The molecule has 1 aliphatic rings. The molecule has 0 saturated carbocycles. The van der Waals surface area contributed by atoms with Gasteiger partial charge >= 0.3 is 0 Å². The SMILES string of the molecule is CCNC(=O)c1cccc(NC(=O)[C@@H]2CCCN2C(=O)Cc2ccccc2)c1. The molecule has 0 radical (unpaired) electrons. The number of rotatable bonds is 6. The largest absolute Gasteiger partial charge is 0.352 e. The third-order valence-electron chi connectivity index (χ3n) is 4.80. The van der Waals surface area contributed by atoms with Crippen LogP contribution in [-0.2, 0) is 16.0 Å². The summed E-state index contributed by atoms with van der Waals surface area (Å²) < 4.78 is 0. The average molecular weight is 379 g/mol. The zero-order valence-electron chi connectivity index (χ0n) is 16.0. The van der Waals surface area contributed by atoms with Crippen LogP contribution in [0, 0.1) is 0 Å². The molecule has 1 fully saturated rings. The Morgan fingerprint density at radius 2 is 1.86 bits per heavy atom. The molecule has 1 heterocycles. The number of nitrogens with zero attached hydrogens (tertiary/aromatic N) is 1. The van der Waals surface area contributed by atoms with Gasteiger partial charge in [0, 0.05) is 24.3 Å². The summed E-state index contributed by atoms with van der Waals surface area (Å²) >= 11 is 0. The number of carbonyl (C=O) groups excluding carboxylic acids is 3. The van der Waals surface area contributed by atoms with Crippen molar-refractivity contribution in [1.29, 1.82) is 0 Å². The Labute approximate surface area is 164 Å². The third kappa shape index (κ3) is 4.76. The van der Waals surface area contributed by atoms with Crippen LogP contribution in [0.2, 0.25) is 0 Å². The second-order valence-electron chi connectivity index (χ2n) is 6.84. The van der Waals surface area contributed by atoms with Crippen LogP contribution < -0.4 is 10.6 Å². The first-order valence-electron chi connectivity index (χ1n) is 9.61. The summed E-state index contributed by atoms with van der Waals surface area (Å²) in [4.78, 5) is 39.1. The molecule has 2 aromatic rings. The zero-order chi connectivity index (χ0) is 19.9. The van der Waals surface area contributed by atoms with Gasteiger partial charge in [-0.15, -0.1) is 0 Å². The molecule has 6 nitrogen and oxygen atoms in total. The molecule has 1 aliphatic heterocycles. The van der Waals surface area contributed by atoms with E-state index in [1.807, 2.05) is 37.3 Å². The summed E-state index contributed by atoms with van der Waals surface area (Å²) in [6, 6.07) is 15.9. The highest BCUT2D eigenvalue weighted by Gasteiger charge is 2.33. The van der Waals surface area contributed by atoms with Gasteiger partial charge in [0.15, 0.2) is 0 Å². The first-order chi connectivity index (χ1) is 13.6. The molecule has 3 amide bonds. The predicted octanol–water partition coefficient (Wildman–Crippen LogP) is 2.61. The molecule has 2 aromatic carbocycles. The van der Waals surface area contributed by atoms with Crippen LogP contribution in [0.1, 0.15) is 35.7 Å². The van der Waals surface area contributed by atoms with Crippen molar-refractivity contribution in [2.24, 2.45) is 0 Å². The van der Waals surface area contributed by atoms with E-state index in [1.165, 1.54) is 0 Å². The third-order valence-corrected chi connectivity index (χ3v) is 4.80. The number of benzene rings is 2. The zero-order valence-corrected chi connectivity index (χ0v) is 16.0. The van der Waals surface area contributed by atoms with Gasteiger partial charge in [-0.2, -0.15) is 0 Å². The second-order valence-corrected chi connectivity index (χ2v) is 6.84. The summed E-state index contributed by atoms with van der Waals surface area (Å²) in [6.45, 7) is 2.98. The fraction of sp³-hybridized carbons (Fsp3) is 0.318. The molecular weight excluding hydrogens is 354 g/mol. The number of amides is 3. The minimum absolute atomic E-state index is 0.0417. The molecule has 0 spiro atoms. The Hall–Kier alpha value is -3.15. The van der Waals surface area contributed by atoms with Crippen LogP contribution in [0.3, 0.4) is 0 Å². The van der Waals surface area contributed by atoms with Gasteiger partial charge in [0.05, 0.1) is 6.42 Å². The fourth-order valence-corrected chi connectivity index (χ4v) is 3.44. The molecule has 6 heteroatoms. The van der Waals surface area contributed by atoms with Crippen molar-refractivity contribution in [3.05, 3.63) is 65.7 Å². The number of likely N-dealkylation sites (tertiary alicyclic amines) is 1. The van der Waals surface area contributed by atoms with Crippen molar-refractivity contribution < 1.29 is 14.4 Å². The topological polar surface area (TPSA) is 78.5 Å². The van der Waals surface area contributed by atoms with Gasteiger partial charge in [0.1, 0.15) is 6.04 Å². The fourth-order valence-electron chi connectivity index (χ4n) is 3.44. The van der Waals surface area contributed by atoms with E-state index < -0.39 is 6.04 Å². The van der Waals surface area contributed by atoms with Gasteiger partial charge in [0.25, 0.3) is 5.91 Å². The predicted molar refractivity (Wildman–Crippen MR) is 108 cm³/mol. The van der Waals surface area contributed by atoms with Crippen molar-refractivity contribution >= 4 is 23.4 Å². The van der Waals surface area contributed by atoms with E-state index in [-0.39, 0.29) is 24.1 Å². The smallest absolute Gasteiger partial charge is 0.251 e. The molecule has 1 atom stereocenters. The maximum atomic E-state index is 12.8. The van der Waals surface area contributed by atoms with Crippen molar-refractivity contribution in [3.63, 3.8) is 0 Å². The van der Waals surface area contributed by atoms with E-state index in [2.05, 4.69) is 10.6 Å². The van der Waals surface area contributed by atoms with E-state index in [0.717, 1.165) is 12.0 Å². The van der Waals surface area contributed by atoms with Crippen molar-refractivity contribution in [2.75, 3.05) is 18.4 Å². The van der Waals surface area contributed by atoms with Crippen molar-refractivity contribution in [2.45, 2.75) is 32.2 Å². The summed E-state index contributed by atoms with van der Waals surface area (Å²) in [5.74, 6) is -0.439. The normalized spacial score (nSPS) is 15.9. The number of nitrogens with one attached hydrogen (secondary N) is 2. The number of carbonyl (C=O) groups is 3. The molecule has 0 bridgehead atoms. The van der Waals surface area contributed by atoms with Crippen LogP contribution in [0.15, 0.2) is 54.6 Å². The highest BCUT2D eigenvalue weighted by molar-refractivity contribution is 6.00. The quantitative estimate of drug-likeness (QED) is 0.810. The lowest BCUT2D eigenvalue weighted by Gasteiger charge is -2.24.